The predicted molar refractivity (Wildman–Crippen MR) is 154 cm³/mol. The molecular formula is C31H41F2N3O5. The first kappa shape index (κ1) is 35.3. The molecule has 2 rings (SSSR count). The molecule has 1 N–H and O–H groups in total. The van der Waals surface area contributed by atoms with Crippen LogP contribution in [-0.4, -0.2) is 58.3 Å². The summed E-state index contributed by atoms with van der Waals surface area (Å²) in [6.45, 7) is 11.6. The second-order valence-electron chi connectivity index (χ2n) is 9.56. The summed E-state index contributed by atoms with van der Waals surface area (Å²) in [4.78, 5) is 11.5. The molecule has 0 saturated carbocycles. The van der Waals surface area contributed by atoms with Gasteiger partial charge >= 0.3 is 0 Å². The quantitative estimate of drug-likeness (QED) is 0.188. The van der Waals surface area contributed by atoms with Crippen molar-refractivity contribution in [2.75, 3.05) is 44.9 Å². The van der Waals surface area contributed by atoms with Crippen LogP contribution in [0.3, 0.4) is 0 Å². The fourth-order valence-corrected chi connectivity index (χ4v) is 3.36. The molecule has 8 nitrogen and oxygen atoms in total. The highest BCUT2D eigenvalue weighted by atomic mass is 19.2. The first-order valence-corrected chi connectivity index (χ1v) is 13.4. The van der Waals surface area contributed by atoms with Gasteiger partial charge in [0.15, 0.2) is 17.9 Å². The zero-order chi connectivity index (χ0) is 30.7. The van der Waals surface area contributed by atoms with Gasteiger partial charge in [0, 0.05) is 37.4 Å². The van der Waals surface area contributed by atoms with Gasteiger partial charge < -0.3 is 29.2 Å². The van der Waals surface area contributed by atoms with Gasteiger partial charge in [0.25, 0.3) is 6.47 Å². The summed E-state index contributed by atoms with van der Waals surface area (Å²) < 4.78 is 50.3. The van der Waals surface area contributed by atoms with Gasteiger partial charge in [-0.05, 0) is 72.0 Å². The summed E-state index contributed by atoms with van der Waals surface area (Å²) in [5.74, 6) is 3.78. The van der Waals surface area contributed by atoms with Crippen LogP contribution in [0.2, 0.25) is 0 Å². The molecule has 0 fully saturated rings. The average Bonchev–Trinajstić information content (AvgIpc) is 2.94. The first-order valence-electron chi connectivity index (χ1n) is 13.4. The molecule has 0 spiro atoms. The van der Waals surface area contributed by atoms with E-state index < -0.39 is 17.9 Å². The molecule has 2 aromatic carbocycles. The number of halogens is 2. The van der Waals surface area contributed by atoms with Gasteiger partial charge in [-0.2, -0.15) is 9.65 Å². The standard InChI is InChI=1S/C26H31F2N3O3.C5H10O2/c1-4-32-23-13-10-21(25(27)26(23)28)19-31(22-11-8-20(18-29)9-12-22)16-14-24(33-5-2)34-17-7-6-15-30-3;1-5(2,3)7-4-6/h8-13,24,30H,4-5,14-17,19H2,1-3H3;4H,1-3H3/t24-;/m1./s1. The van der Waals surface area contributed by atoms with Crippen LogP contribution in [0.4, 0.5) is 14.5 Å². The molecule has 0 aliphatic rings. The monoisotopic (exact) mass is 573 g/mol. The Bertz CT molecular complexity index is 1150. The van der Waals surface area contributed by atoms with E-state index >= 15 is 0 Å². The number of hydrogen-bond acceptors (Lipinski definition) is 8. The minimum Gasteiger partial charge on any atom is -0.491 e. The fourth-order valence-electron chi connectivity index (χ4n) is 3.36. The Kier molecular flexibility index (Phi) is 16.7. The molecule has 0 bridgehead atoms. The summed E-state index contributed by atoms with van der Waals surface area (Å²) in [5, 5.41) is 12.0. The van der Waals surface area contributed by atoms with Crippen molar-refractivity contribution in [1.29, 1.82) is 5.26 Å². The Morgan fingerprint density at radius 3 is 2.27 bits per heavy atom. The van der Waals surface area contributed by atoms with Crippen molar-refractivity contribution >= 4 is 12.2 Å². The van der Waals surface area contributed by atoms with E-state index in [0.29, 0.717) is 38.2 Å². The van der Waals surface area contributed by atoms with Crippen molar-refractivity contribution in [3.05, 3.63) is 59.2 Å². The van der Waals surface area contributed by atoms with Gasteiger partial charge in [0.1, 0.15) is 12.2 Å². The number of hydrogen-bond donors (Lipinski definition) is 1. The molecule has 2 aromatic rings. The van der Waals surface area contributed by atoms with E-state index in [0.717, 1.165) is 5.69 Å². The molecule has 1 atom stereocenters. The van der Waals surface area contributed by atoms with E-state index in [2.05, 4.69) is 28.0 Å². The smallest absolute Gasteiger partial charge is 0.293 e. The van der Waals surface area contributed by atoms with E-state index in [1.54, 1.807) is 31.2 Å². The van der Waals surface area contributed by atoms with Crippen molar-refractivity contribution in [2.45, 2.75) is 59.5 Å². The predicted octanol–water partition coefficient (Wildman–Crippen LogP) is 5.19. The lowest BCUT2D eigenvalue weighted by Gasteiger charge is -2.27. The maximum atomic E-state index is 14.8. The van der Waals surface area contributed by atoms with Gasteiger partial charge in [0.2, 0.25) is 5.82 Å². The zero-order valence-electron chi connectivity index (χ0n) is 24.8. The van der Waals surface area contributed by atoms with Gasteiger partial charge in [-0.15, -0.1) is 0 Å². The number of rotatable bonds is 14. The Hall–Kier alpha value is -3.70. The second-order valence-corrected chi connectivity index (χ2v) is 9.56. The highest BCUT2D eigenvalue weighted by molar-refractivity contribution is 5.50. The van der Waals surface area contributed by atoms with Gasteiger partial charge in [-0.1, -0.05) is 17.9 Å². The molecule has 0 heterocycles. The summed E-state index contributed by atoms with van der Waals surface area (Å²) in [7, 11) is 1.81. The molecular weight excluding hydrogens is 532 g/mol. The third kappa shape index (κ3) is 14.0. The first-order chi connectivity index (χ1) is 19.6. The van der Waals surface area contributed by atoms with Crippen LogP contribution in [0.15, 0.2) is 36.4 Å². The number of anilines is 1. The molecule has 0 aliphatic heterocycles. The normalized spacial score (nSPS) is 11.2. The summed E-state index contributed by atoms with van der Waals surface area (Å²) in [6, 6.07) is 12.0. The minimum atomic E-state index is -1.00. The number of carbonyl (C=O) groups excluding carboxylic acids is 1. The average molecular weight is 574 g/mol. The van der Waals surface area contributed by atoms with E-state index in [4.69, 9.17) is 19.5 Å². The Morgan fingerprint density at radius 2 is 1.73 bits per heavy atom. The maximum absolute atomic E-state index is 14.8. The Morgan fingerprint density at radius 1 is 1.02 bits per heavy atom. The van der Waals surface area contributed by atoms with Crippen LogP contribution in [0.25, 0.3) is 0 Å². The third-order valence-electron chi connectivity index (χ3n) is 5.27. The van der Waals surface area contributed by atoms with Gasteiger partial charge in [-0.25, -0.2) is 4.39 Å². The van der Waals surface area contributed by atoms with Crippen LogP contribution in [-0.2, 0) is 25.5 Å². The number of nitriles is 1. The molecule has 0 unspecified atom stereocenters. The SMILES string of the molecule is CC(C)(C)OC=O.CCOc1ccc(CN(CC[C@H](OCC)OCC#CCNC)c2ccc(C#N)cc2)c(F)c1F. The summed E-state index contributed by atoms with van der Waals surface area (Å²) in [6.07, 6.45) is -0.0282. The molecule has 0 amide bonds. The van der Waals surface area contributed by atoms with Crippen molar-refractivity contribution in [1.82, 2.24) is 5.32 Å². The van der Waals surface area contributed by atoms with Gasteiger partial charge in [0.05, 0.1) is 24.8 Å². The lowest BCUT2D eigenvalue weighted by Crippen LogP contribution is -2.29. The third-order valence-corrected chi connectivity index (χ3v) is 5.27. The van der Waals surface area contributed by atoms with Gasteiger partial charge in [-0.3, -0.25) is 4.79 Å². The number of carbonyl (C=O) groups is 1. The Labute approximate surface area is 242 Å². The topological polar surface area (TPSA) is 93.1 Å². The largest absolute Gasteiger partial charge is 0.491 e. The highest BCUT2D eigenvalue weighted by Crippen LogP contribution is 2.26. The fraction of sp³-hybridized carbons (Fsp3) is 0.484. The van der Waals surface area contributed by atoms with Crippen LogP contribution < -0.4 is 15.0 Å². The van der Waals surface area contributed by atoms with E-state index in [1.165, 1.54) is 12.1 Å². The highest BCUT2D eigenvalue weighted by Gasteiger charge is 2.19. The molecule has 10 heteroatoms. The zero-order valence-corrected chi connectivity index (χ0v) is 24.8. The molecule has 41 heavy (non-hydrogen) atoms. The van der Waals surface area contributed by atoms with Crippen molar-refractivity contribution in [3.8, 4) is 23.7 Å². The van der Waals surface area contributed by atoms with Crippen molar-refractivity contribution in [3.63, 3.8) is 0 Å². The Balaban J connectivity index is 0.00000106. The second kappa shape index (κ2) is 19.4. The summed E-state index contributed by atoms with van der Waals surface area (Å²) in [5.41, 5.74) is 1.15. The van der Waals surface area contributed by atoms with Crippen molar-refractivity contribution < 1.29 is 32.5 Å². The molecule has 0 aliphatic carbocycles. The van der Waals surface area contributed by atoms with Crippen LogP contribution in [0, 0.1) is 34.8 Å². The molecule has 224 valence electrons. The van der Waals surface area contributed by atoms with E-state index in [1.807, 2.05) is 39.6 Å². The molecule has 0 radical (unpaired) electrons. The molecule has 0 aromatic heterocycles. The van der Waals surface area contributed by atoms with Crippen LogP contribution >= 0.6 is 0 Å². The number of benzene rings is 2. The summed E-state index contributed by atoms with van der Waals surface area (Å²) >= 11 is 0. The molecule has 0 saturated heterocycles. The minimum absolute atomic E-state index is 0.113. The van der Waals surface area contributed by atoms with Crippen molar-refractivity contribution in [2.24, 2.45) is 0 Å². The number of ether oxygens (including phenoxy) is 4. The number of nitrogens with one attached hydrogen (secondary N) is 1. The number of nitrogens with zero attached hydrogens (tertiary/aromatic N) is 2. The maximum Gasteiger partial charge on any atom is 0.293 e. The van der Waals surface area contributed by atoms with E-state index in [9.17, 15) is 13.6 Å². The van der Waals surface area contributed by atoms with Crippen LogP contribution in [0.5, 0.6) is 5.75 Å². The lowest BCUT2D eigenvalue weighted by molar-refractivity contribution is -0.138. The van der Waals surface area contributed by atoms with E-state index in [-0.39, 0.29) is 36.7 Å². The lowest BCUT2D eigenvalue weighted by atomic mass is 10.1. The van der Waals surface area contributed by atoms with Crippen LogP contribution in [0.1, 0.15) is 52.2 Å².